The van der Waals surface area contributed by atoms with Crippen LogP contribution in [-0.2, 0) is 25.6 Å². The molecule has 3 aromatic rings. The van der Waals surface area contributed by atoms with Crippen molar-refractivity contribution < 1.29 is 44.1 Å². The van der Waals surface area contributed by atoms with E-state index in [0.29, 0.717) is 33.0 Å². The number of primary amides is 1. The zero-order valence-electron chi connectivity index (χ0n) is 20.9. The van der Waals surface area contributed by atoms with Crippen molar-refractivity contribution in [2.45, 2.75) is 24.5 Å². The van der Waals surface area contributed by atoms with Crippen LogP contribution in [-0.4, -0.2) is 62.4 Å². The number of phenols is 1. The van der Waals surface area contributed by atoms with E-state index in [4.69, 9.17) is 5.73 Å². The average molecular weight is 542 g/mol. The number of hydrogen-bond acceptors (Lipinski definition) is 9. The lowest BCUT2D eigenvalue weighted by Gasteiger charge is -2.51. The molecule has 40 heavy (non-hydrogen) atoms. The molecule has 2 saturated carbocycles. The summed E-state index contributed by atoms with van der Waals surface area (Å²) in [5, 5.41) is 34.8. The maximum Gasteiger partial charge on any atom is 0.235 e. The second kappa shape index (κ2) is 8.73. The van der Waals surface area contributed by atoms with Gasteiger partial charge in [0.15, 0.2) is 40.9 Å². The van der Waals surface area contributed by atoms with Crippen molar-refractivity contribution in [3.63, 3.8) is 0 Å². The van der Waals surface area contributed by atoms with Crippen LogP contribution in [0.4, 0.5) is 0 Å². The Morgan fingerprint density at radius 1 is 0.925 bits per heavy atom. The predicted octanol–water partition coefficient (Wildman–Crippen LogP) is 0.930. The number of phenolic OH excluding ortho intramolecular Hbond substituents is 1. The first kappa shape index (κ1) is 25.7. The van der Waals surface area contributed by atoms with Gasteiger partial charge in [0.1, 0.15) is 5.75 Å². The third-order valence-corrected chi connectivity index (χ3v) is 8.77. The van der Waals surface area contributed by atoms with Crippen molar-refractivity contribution in [1.82, 2.24) is 0 Å². The van der Waals surface area contributed by atoms with Crippen molar-refractivity contribution in [2.75, 3.05) is 0 Å². The number of Topliss-reactive ketones (excluding diaryl/α,β-unsaturated/α-hetero) is 4. The van der Waals surface area contributed by atoms with Crippen LogP contribution in [0.3, 0.4) is 0 Å². The Labute approximate surface area is 226 Å². The van der Waals surface area contributed by atoms with Gasteiger partial charge in [0.05, 0.1) is 17.6 Å². The first-order valence-electron chi connectivity index (χ1n) is 12.7. The Balaban J connectivity index is 1.53. The minimum atomic E-state index is -2.96. The van der Waals surface area contributed by atoms with Gasteiger partial charge < -0.3 is 21.1 Å². The molecule has 6 rings (SSSR count). The molecule has 0 bridgehead atoms. The molecule has 6 atom stereocenters. The molecule has 0 radical (unpaired) electrons. The monoisotopic (exact) mass is 541 g/mol. The summed E-state index contributed by atoms with van der Waals surface area (Å²) in [6, 6.07) is 13.4. The lowest BCUT2D eigenvalue weighted by molar-refractivity contribution is -0.188. The molecule has 0 spiro atoms. The fraction of sp³-hybridized carbons (Fsp3) is 0.267. The summed E-state index contributed by atoms with van der Waals surface area (Å²) in [5.74, 6) is -12.7. The fourth-order valence-electron chi connectivity index (χ4n) is 6.90. The first-order chi connectivity index (χ1) is 19.0. The summed E-state index contributed by atoms with van der Waals surface area (Å²) in [6.07, 6.45) is -1.67. The molecule has 2 fully saturated rings. The van der Waals surface area contributed by atoms with E-state index in [0.717, 1.165) is 6.29 Å². The molecule has 5 N–H and O–H groups in total. The van der Waals surface area contributed by atoms with Gasteiger partial charge in [-0.15, -0.1) is 0 Å². The Hall–Kier alpha value is -4.54. The van der Waals surface area contributed by atoms with Crippen LogP contribution >= 0.6 is 0 Å². The van der Waals surface area contributed by atoms with Gasteiger partial charge in [-0.3, -0.25) is 28.8 Å². The van der Waals surface area contributed by atoms with Crippen LogP contribution in [0, 0.1) is 23.7 Å². The number of aromatic hydroxyl groups is 1. The molecule has 0 heterocycles. The van der Waals surface area contributed by atoms with E-state index in [1.165, 1.54) is 6.07 Å². The molecule has 202 valence electrons. The zero-order valence-corrected chi connectivity index (χ0v) is 20.9. The molecule has 3 aliphatic carbocycles. The number of carbonyl (C=O) groups is 6. The Morgan fingerprint density at radius 3 is 2.27 bits per heavy atom. The molecule has 3 aliphatic rings. The van der Waals surface area contributed by atoms with Crippen molar-refractivity contribution in [3.8, 4) is 16.9 Å². The van der Waals surface area contributed by atoms with Gasteiger partial charge >= 0.3 is 0 Å². The third-order valence-electron chi connectivity index (χ3n) is 8.77. The SMILES string of the molecule is NC(=O)C1C(=O)C[C@@H]2[C@@H](O)[C@@H]3Cc4c(-c5ccc(C=O)c6ccccc56)ccc(O)c4C(=O)C3C(=O)[C@]2(O)C1=O. The Bertz CT molecular complexity index is 1710. The highest BCUT2D eigenvalue weighted by Crippen LogP contribution is 2.51. The lowest BCUT2D eigenvalue weighted by Crippen LogP contribution is -2.72. The van der Waals surface area contributed by atoms with E-state index >= 15 is 0 Å². The molecule has 2 unspecified atom stereocenters. The van der Waals surface area contributed by atoms with Crippen molar-refractivity contribution in [2.24, 2.45) is 29.4 Å². The summed E-state index contributed by atoms with van der Waals surface area (Å²) in [6.45, 7) is 0. The van der Waals surface area contributed by atoms with E-state index in [9.17, 15) is 44.1 Å². The average Bonchev–Trinajstić information content (AvgIpc) is 2.93. The molecule has 3 aromatic carbocycles. The Kier molecular flexibility index (Phi) is 5.62. The van der Waals surface area contributed by atoms with Gasteiger partial charge in [-0.1, -0.05) is 42.5 Å². The number of amides is 1. The normalized spacial score (nSPS) is 29.5. The summed E-state index contributed by atoms with van der Waals surface area (Å²) in [4.78, 5) is 76.7. The standard InChI is InChI=1S/C30H23NO9/c31-29(39)24-21(34)10-19-25(35)18-9-17-16(15-6-5-12(11-32)13-3-1-2-4-14(13)15)7-8-20(33)22(17)26(36)23(18)27(37)30(19,40)28(24)38/h1-8,11,18-19,23-25,33,35,40H,9-10H2,(H2,31,39)/t18-,19-,23?,24?,25+,30+/m1/s1. The second-order valence-corrected chi connectivity index (χ2v) is 10.7. The van der Waals surface area contributed by atoms with Crippen molar-refractivity contribution >= 4 is 46.1 Å². The lowest BCUT2D eigenvalue weighted by atomic mass is 9.52. The minimum Gasteiger partial charge on any atom is -0.507 e. The molecule has 0 saturated heterocycles. The quantitative estimate of drug-likeness (QED) is 0.276. The van der Waals surface area contributed by atoms with Gasteiger partial charge in [-0.05, 0) is 39.9 Å². The topological polar surface area (TPSA) is 189 Å². The van der Waals surface area contributed by atoms with E-state index in [-0.39, 0.29) is 12.0 Å². The number of fused-ring (bicyclic) bond motifs is 4. The highest BCUT2D eigenvalue weighted by atomic mass is 16.3. The molecule has 0 aromatic heterocycles. The van der Waals surface area contributed by atoms with E-state index in [2.05, 4.69) is 0 Å². The number of aldehydes is 1. The largest absolute Gasteiger partial charge is 0.507 e. The summed E-state index contributed by atoms with van der Waals surface area (Å²) in [7, 11) is 0. The fourth-order valence-corrected chi connectivity index (χ4v) is 6.90. The molecule has 10 nitrogen and oxygen atoms in total. The highest BCUT2D eigenvalue weighted by Gasteiger charge is 2.69. The van der Waals surface area contributed by atoms with Gasteiger partial charge in [-0.25, -0.2) is 0 Å². The molecule has 1 amide bonds. The zero-order chi connectivity index (χ0) is 28.7. The first-order valence-corrected chi connectivity index (χ1v) is 12.7. The smallest absolute Gasteiger partial charge is 0.235 e. The van der Waals surface area contributed by atoms with E-state index in [1.54, 1.807) is 42.5 Å². The predicted molar refractivity (Wildman–Crippen MR) is 138 cm³/mol. The van der Waals surface area contributed by atoms with Crippen LogP contribution in [0.5, 0.6) is 5.75 Å². The summed E-state index contributed by atoms with van der Waals surface area (Å²) >= 11 is 0. The Morgan fingerprint density at radius 2 is 1.60 bits per heavy atom. The third kappa shape index (κ3) is 3.23. The summed E-state index contributed by atoms with van der Waals surface area (Å²) < 4.78 is 0. The summed E-state index contributed by atoms with van der Waals surface area (Å²) in [5.41, 5.74) is 4.02. The number of benzene rings is 3. The number of rotatable bonds is 3. The number of hydrogen-bond donors (Lipinski definition) is 4. The van der Waals surface area contributed by atoms with Crippen LogP contribution in [0.2, 0.25) is 0 Å². The number of carbonyl (C=O) groups excluding carboxylic acids is 6. The van der Waals surface area contributed by atoms with Crippen molar-refractivity contribution in [3.05, 3.63) is 65.2 Å². The van der Waals surface area contributed by atoms with Crippen LogP contribution in [0.1, 0.15) is 32.7 Å². The molecular weight excluding hydrogens is 518 g/mol. The number of aliphatic hydroxyl groups excluding tert-OH is 1. The number of nitrogens with two attached hydrogens (primary N) is 1. The highest BCUT2D eigenvalue weighted by molar-refractivity contribution is 6.31. The van der Waals surface area contributed by atoms with E-state index in [1.807, 2.05) is 0 Å². The maximum atomic E-state index is 13.9. The van der Waals surface area contributed by atoms with Crippen molar-refractivity contribution in [1.29, 1.82) is 0 Å². The van der Waals surface area contributed by atoms with Gasteiger partial charge in [0.25, 0.3) is 0 Å². The van der Waals surface area contributed by atoms with Gasteiger partial charge in [0, 0.05) is 23.8 Å². The minimum absolute atomic E-state index is 0.0969. The van der Waals surface area contributed by atoms with Crippen LogP contribution in [0.25, 0.3) is 21.9 Å². The van der Waals surface area contributed by atoms with E-state index < -0.39 is 76.6 Å². The maximum absolute atomic E-state index is 13.9. The molecule has 10 heteroatoms. The second-order valence-electron chi connectivity index (χ2n) is 10.7. The van der Waals surface area contributed by atoms with Crippen LogP contribution < -0.4 is 5.73 Å². The number of ketones is 4. The molecule has 0 aliphatic heterocycles. The van der Waals surface area contributed by atoms with Gasteiger partial charge in [0.2, 0.25) is 5.91 Å². The van der Waals surface area contributed by atoms with Gasteiger partial charge in [-0.2, -0.15) is 0 Å². The molecular formula is C30H23NO9. The number of aliphatic hydroxyl groups is 2. The van der Waals surface area contributed by atoms with Crippen LogP contribution in [0.15, 0.2) is 48.5 Å².